The van der Waals surface area contributed by atoms with Gasteiger partial charge in [-0.1, -0.05) is 43.0 Å². The number of carbonyl (C=O) groups excluding carboxylic acids is 1. The van der Waals surface area contributed by atoms with Crippen LogP contribution in [0.2, 0.25) is 5.02 Å². The highest BCUT2D eigenvalue weighted by molar-refractivity contribution is 6.32. The van der Waals surface area contributed by atoms with Gasteiger partial charge in [-0.3, -0.25) is 0 Å². The van der Waals surface area contributed by atoms with Gasteiger partial charge in [0.15, 0.2) is 0 Å². The zero-order valence-corrected chi connectivity index (χ0v) is 15.6. The topological polar surface area (TPSA) is 66.0 Å². The number of aromatic nitrogens is 1. The molecule has 0 atom stereocenters. The van der Waals surface area contributed by atoms with E-state index >= 15 is 0 Å². The minimum Gasteiger partial charge on any atom is -0.367 e. The van der Waals surface area contributed by atoms with Crippen molar-refractivity contribution in [2.45, 2.75) is 38.0 Å². The molecule has 1 fully saturated rings. The molecule has 1 heterocycles. The summed E-state index contributed by atoms with van der Waals surface area (Å²) >= 11 is 6.02. The molecule has 0 spiro atoms. The second kappa shape index (κ2) is 9.43. The third-order valence-electron chi connectivity index (χ3n) is 4.71. The average Bonchev–Trinajstić information content (AvgIpc) is 2.68. The Bertz CT molecular complexity index is 714. The minimum atomic E-state index is -0.218. The van der Waals surface area contributed by atoms with Crippen LogP contribution in [-0.4, -0.2) is 24.1 Å². The first-order chi connectivity index (χ1) is 12.7. The third kappa shape index (κ3) is 5.36. The molecule has 2 aromatic rings. The van der Waals surface area contributed by atoms with Gasteiger partial charge in [-0.05, 0) is 48.6 Å². The van der Waals surface area contributed by atoms with Crippen LogP contribution in [0.1, 0.15) is 43.6 Å². The van der Waals surface area contributed by atoms with Gasteiger partial charge in [0, 0.05) is 25.0 Å². The van der Waals surface area contributed by atoms with Crippen LogP contribution in [0, 0.1) is 0 Å². The molecule has 5 nitrogen and oxygen atoms in total. The van der Waals surface area contributed by atoms with Crippen LogP contribution in [-0.2, 0) is 0 Å². The number of pyridine rings is 1. The molecule has 0 radical (unpaired) electrons. The van der Waals surface area contributed by atoms with Gasteiger partial charge in [0.2, 0.25) is 0 Å². The molecule has 0 saturated heterocycles. The fourth-order valence-electron chi connectivity index (χ4n) is 3.32. The number of nitrogens with one attached hydrogen (secondary N) is 3. The molecule has 1 saturated carbocycles. The highest BCUT2D eigenvalue weighted by Gasteiger charge is 2.15. The van der Waals surface area contributed by atoms with Crippen LogP contribution in [0.5, 0.6) is 0 Å². The van der Waals surface area contributed by atoms with E-state index in [4.69, 9.17) is 11.6 Å². The standard InChI is InChI=1S/C20H25ClN4O/c21-18-7-4-12-22-19(18)23-13-14-24-20(26)25-17-10-8-16(9-11-17)15-5-2-1-3-6-15/h4,7-12,15H,1-3,5-6,13-14H2,(H,22,23)(H2,24,25,26). The lowest BCUT2D eigenvalue weighted by molar-refractivity contribution is 0.252. The molecule has 26 heavy (non-hydrogen) atoms. The van der Waals surface area contributed by atoms with E-state index in [0.29, 0.717) is 29.8 Å². The number of amides is 2. The van der Waals surface area contributed by atoms with Crippen molar-refractivity contribution >= 4 is 29.1 Å². The van der Waals surface area contributed by atoms with Crippen LogP contribution < -0.4 is 16.0 Å². The molecule has 2 amide bonds. The Morgan fingerprint density at radius 3 is 2.58 bits per heavy atom. The van der Waals surface area contributed by atoms with E-state index in [1.165, 1.54) is 37.7 Å². The highest BCUT2D eigenvalue weighted by Crippen LogP contribution is 2.32. The molecule has 1 aromatic carbocycles. The highest BCUT2D eigenvalue weighted by atomic mass is 35.5. The van der Waals surface area contributed by atoms with E-state index in [1.54, 1.807) is 18.3 Å². The summed E-state index contributed by atoms with van der Waals surface area (Å²) in [6.07, 6.45) is 8.24. The van der Waals surface area contributed by atoms with Crippen LogP contribution in [0.25, 0.3) is 0 Å². The molecule has 1 aliphatic carbocycles. The van der Waals surface area contributed by atoms with E-state index in [0.717, 1.165) is 5.69 Å². The molecule has 6 heteroatoms. The van der Waals surface area contributed by atoms with Gasteiger partial charge in [-0.2, -0.15) is 0 Å². The van der Waals surface area contributed by atoms with Gasteiger partial charge in [0.25, 0.3) is 0 Å². The SMILES string of the molecule is O=C(NCCNc1ncccc1Cl)Nc1ccc(C2CCCCC2)cc1. The lowest BCUT2D eigenvalue weighted by Gasteiger charge is -2.22. The van der Waals surface area contributed by atoms with Crippen LogP contribution in [0.3, 0.4) is 0 Å². The number of anilines is 2. The summed E-state index contributed by atoms with van der Waals surface area (Å²) < 4.78 is 0. The van der Waals surface area contributed by atoms with Crippen molar-refractivity contribution in [3.63, 3.8) is 0 Å². The first-order valence-electron chi connectivity index (χ1n) is 9.21. The summed E-state index contributed by atoms with van der Waals surface area (Å²) in [5.41, 5.74) is 2.19. The number of nitrogens with zero attached hydrogens (tertiary/aromatic N) is 1. The van der Waals surface area contributed by atoms with Gasteiger partial charge >= 0.3 is 6.03 Å². The van der Waals surface area contributed by atoms with Crippen molar-refractivity contribution in [1.29, 1.82) is 0 Å². The second-order valence-corrected chi connectivity index (χ2v) is 7.01. The fraction of sp³-hybridized carbons (Fsp3) is 0.400. The van der Waals surface area contributed by atoms with Crippen molar-refractivity contribution in [2.75, 3.05) is 23.7 Å². The first-order valence-corrected chi connectivity index (χ1v) is 9.59. The Morgan fingerprint density at radius 1 is 1.08 bits per heavy atom. The zero-order chi connectivity index (χ0) is 18.2. The normalized spacial score (nSPS) is 14.7. The molecule has 3 rings (SSSR count). The monoisotopic (exact) mass is 372 g/mol. The van der Waals surface area contributed by atoms with Crippen LogP contribution in [0.15, 0.2) is 42.6 Å². The first kappa shape index (κ1) is 18.5. The number of halogens is 1. The Hall–Kier alpha value is -2.27. The quantitative estimate of drug-likeness (QED) is 0.624. The maximum atomic E-state index is 12.0. The maximum absolute atomic E-state index is 12.0. The van der Waals surface area contributed by atoms with E-state index in [-0.39, 0.29) is 6.03 Å². The predicted molar refractivity (Wildman–Crippen MR) is 107 cm³/mol. The van der Waals surface area contributed by atoms with Crippen LogP contribution >= 0.6 is 11.6 Å². The summed E-state index contributed by atoms with van der Waals surface area (Å²) in [5.74, 6) is 1.30. The van der Waals surface area contributed by atoms with Gasteiger partial charge in [-0.15, -0.1) is 0 Å². The molecule has 0 unspecified atom stereocenters. The Balaban J connectivity index is 1.39. The predicted octanol–water partition coefficient (Wildman–Crippen LogP) is 5.02. The molecule has 3 N–H and O–H groups in total. The van der Waals surface area contributed by atoms with Crippen molar-refractivity contribution in [1.82, 2.24) is 10.3 Å². The molecular weight excluding hydrogens is 348 g/mol. The van der Waals surface area contributed by atoms with Gasteiger partial charge in [0.1, 0.15) is 5.82 Å². The van der Waals surface area contributed by atoms with Crippen molar-refractivity contribution < 1.29 is 4.79 Å². The summed E-state index contributed by atoms with van der Waals surface area (Å²) in [4.78, 5) is 16.1. The minimum absolute atomic E-state index is 0.218. The Labute approximate surface area is 159 Å². The van der Waals surface area contributed by atoms with Gasteiger partial charge < -0.3 is 16.0 Å². The second-order valence-electron chi connectivity index (χ2n) is 6.60. The summed E-state index contributed by atoms with van der Waals surface area (Å²) in [6, 6.07) is 11.6. The molecule has 0 bridgehead atoms. The van der Waals surface area contributed by atoms with Crippen LogP contribution in [0.4, 0.5) is 16.3 Å². The fourth-order valence-corrected chi connectivity index (χ4v) is 3.51. The van der Waals surface area contributed by atoms with Crippen molar-refractivity contribution in [2.24, 2.45) is 0 Å². The lowest BCUT2D eigenvalue weighted by atomic mass is 9.84. The summed E-state index contributed by atoms with van der Waals surface area (Å²) in [7, 11) is 0. The van der Waals surface area contributed by atoms with E-state index in [1.807, 2.05) is 12.1 Å². The smallest absolute Gasteiger partial charge is 0.319 e. The largest absolute Gasteiger partial charge is 0.367 e. The summed E-state index contributed by atoms with van der Waals surface area (Å²) in [6.45, 7) is 1.02. The van der Waals surface area contributed by atoms with Crippen molar-refractivity contribution in [3.05, 3.63) is 53.2 Å². The number of hydrogen-bond donors (Lipinski definition) is 3. The van der Waals surface area contributed by atoms with Crippen molar-refractivity contribution in [3.8, 4) is 0 Å². The maximum Gasteiger partial charge on any atom is 0.319 e. The number of benzene rings is 1. The average molecular weight is 373 g/mol. The van der Waals surface area contributed by atoms with Gasteiger partial charge in [0.05, 0.1) is 5.02 Å². The van der Waals surface area contributed by atoms with E-state index < -0.39 is 0 Å². The van der Waals surface area contributed by atoms with Gasteiger partial charge in [-0.25, -0.2) is 9.78 Å². The third-order valence-corrected chi connectivity index (χ3v) is 5.01. The summed E-state index contributed by atoms with van der Waals surface area (Å²) in [5, 5.41) is 9.33. The molecular formula is C20H25ClN4O. The molecule has 1 aliphatic rings. The number of carbonyl (C=O) groups is 1. The lowest BCUT2D eigenvalue weighted by Crippen LogP contribution is -2.32. The molecule has 138 valence electrons. The Kier molecular flexibility index (Phi) is 6.72. The zero-order valence-electron chi connectivity index (χ0n) is 14.8. The van der Waals surface area contributed by atoms with E-state index in [2.05, 4.69) is 33.1 Å². The molecule has 1 aromatic heterocycles. The van der Waals surface area contributed by atoms with E-state index in [9.17, 15) is 4.79 Å². The number of urea groups is 1. The molecule has 0 aliphatic heterocycles. The number of rotatable bonds is 6. The number of hydrogen-bond acceptors (Lipinski definition) is 3. The Morgan fingerprint density at radius 2 is 1.85 bits per heavy atom.